The minimum Gasteiger partial charge on any atom is -0.397 e. The van der Waals surface area contributed by atoms with Crippen LogP contribution >= 0.6 is 0 Å². The zero-order chi connectivity index (χ0) is 22.9. The Morgan fingerprint density at radius 1 is 1.19 bits per heavy atom. The van der Waals surface area contributed by atoms with Gasteiger partial charge in [-0.05, 0) is 30.3 Å². The number of hydrogen-bond donors (Lipinski definition) is 2. The molecule has 1 unspecified atom stereocenters. The first-order valence-corrected chi connectivity index (χ1v) is 10.1. The predicted molar refractivity (Wildman–Crippen MR) is 116 cm³/mol. The zero-order valence-electron chi connectivity index (χ0n) is 17.1. The second-order valence-electron chi connectivity index (χ2n) is 7.78. The Labute approximate surface area is 183 Å². The van der Waals surface area contributed by atoms with Crippen LogP contribution in [-0.2, 0) is 6.42 Å². The van der Waals surface area contributed by atoms with Crippen LogP contribution < -0.4 is 16.4 Å². The maximum atomic E-state index is 14.2. The Kier molecular flexibility index (Phi) is 5.84. The van der Waals surface area contributed by atoms with E-state index in [9.17, 15) is 18.0 Å². The molecule has 2 aromatic heterocycles. The monoisotopic (exact) mass is 441 g/mol. The van der Waals surface area contributed by atoms with Crippen LogP contribution in [0, 0.1) is 5.82 Å². The number of piperidine rings is 1. The molecule has 1 aliphatic rings. The number of Topliss-reactive ketones (excluding diaryl/α,β-unsaturated/α-hetero) is 1. The van der Waals surface area contributed by atoms with Gasteiger partial charge in [0.1, 0.15) is 11.5 Å². The second kappa shape index (κ2) is 8.58. The lowest BCUT2D eigenvalue weighted by Gasteiger charge is -2.38. The summed E-state index contributed by atoms with van der Waals surface area (Å²) in [5.74, 6) is -3.78. The number of carbonyl (C=O) groups excluding carboxylic acids is 1. The fraction of sp³-hybridized carbons (Fsp3) is 0.261. The van der Waals surface area contributed by atoms with E-state index >= 15 is 0 Å². The summed E-state index contributed by atoms with van der Waals surface area (Å²) in [6.45, 7) is 0.0659. The number of nitrogen functional groups attached to an aromatic ring is 1. The Bertz CT molecular complexity index is 1150. The number of hydrogen-bond acceptors (Lipinski definition) is 6. The zero-order valence-corrected chi connectivity index (χ0v) is 17.1. The summed E-state index contributed by atoms with van der Waals surface area (Å²) in [6.07, 6.45) is 2.59. The molecule has 1 saturated heterocycles. The van der Waals surface area contributed by atoms with Crippen LogP contribution in [0.1, 0.15) is 22.5 Å². The van der Waals surface area contributed by atoms with Gasteiger partial charge in [0.05, 0.1) is 17.4 Å². The number of benzene rings is 1. The number of nitrogens with two attached hydrogens (primary N) is 2. The highest BCUT2D eigenvalue weighted by atomic mass is 19.3. The van der Waals surface area contributed by atoms with Crippen molar-refractivity contribution >= 4 is 17.2 Å². The van der Waals surface area contributed by atoms with Crippen molar-refractivity contribution in [3.05, 3.63) is 71.9 Å². The molecule has 1 atom stereocenters. The molecular weight excluding hydrogens is 419 g/mol. The summed E-state index contributed by atoms with van der Waals surface area (Å²) in [4.78, 5) is 23.2. The molecule has 3 heterocycles. The smallest absolute Gasteiger partial charge is 0.266 e. The van der Waals surface area contributed by atoms with Crippen molar-refractivity contribution in [2.75, 3.05) is 23.7 Å². The van der Waals surface area contributed by atoms with E-state index in [1.54, 1.807) is 35.2 Å². The van der Waals surface area contributed by atoms with Gasteiger partial charge in [0.25, 0.3) is 5.92 Å². The van der Waals surface area contributed by atoms with Crippen LogP contribution in [0.5, 0.6) is 0 Å². The number of ketones is 1. The predicted octanol–water partition coefficient (Wildman–Crippen LogP) is 3.46. The molecule has 0 spiro atoms. The van der Waals surface area contributed by atoms with E-state index in [0.29, 0.717) is 11.3 Å². The minimum atomic E-state index is -2.93. The fourth-order valence-electron chi connectivity index (χ4n) is 3.78. The number of anilines is 2. The molecular formula is C23H22F3N5O. The van der Waals surface area contributed by atoms with Gasteiger partial charge in [0.15, 0.2) is 5.78 Å². The Morgan fingerprint density at radius 3 is 2.72 bits per heavy atom. The first-order valence-electron chi connectivity index (χ1n) is 10.1. The number of pyridine rings is 2. The molecule has 0 amide bonds. The minimum absolute atomic E-state index is 0.0161. The number of aromatic nitrogens is 2. The lowest BCUT2D eigenvalue weighted by atomic mass is 9.99. The molecule has 9 heteroatoms. The first kappa shape index (κ1) is 21.8. The largest absolute Gasteiger partial charge is 0.397 e. The molecule has 0 aliphatic carbocycles. The molecule has 4 N–H and O–H groups in total. The van der Waals surface area contributed by atoms with Crippen molar-refractivity contribution < 1.29 is 18.0 Å². The Hall–Kier alpha value is -3.46. The van der Waals surface area contributed by atoms with Gasteiger partial charge < -0.3 is 16.4 Å². The fourth-order valence-corrected chi connectivity index (χ4v) is 3.78. The van der Waals surface area contributed by atoms with Crippen molar-refractivity contribution in [3.8, 4) is 11.3 Å². The number of carbonyl (C=O) groups is 1. The van der Waals surface area contributed by atoms with Gasteiger partial charge in [-0.1, -0.05) is 12.1 Å². The van der Waals surface area contributed by atoms with Gasteiger partial charge in [0, 0.05) is 55.1 Å². The van der Waals surface area contributed by atoms with E-state index in [0.717, 1.165) is 0 Å². The van der Waals surface area contributed by atoms with Crippen molar-refractivity contribution in [1.29, 1.82) is 0 Å². The SMILES string of the molecule is Nc1ccc(-c2ccccc2F)nc1C(=O)Cc1cnccc1N1CCC(F)(F)C(N)C1. The van der Waals surface area contributed by atoms with E-state index in [2.05, 4.69) is 9.97 Å². The quantitative estimate of drug-likeness (QED) is 0.589. The van der Waals surface area contributed by atoms with Crippen molar-refractivity contribution in [2.24, 2.45) is 5.73 Å². The molecule has 4 rings (SSSR count). The lowest BCUT2D eigenvalue weighted by Crippen LogP contribution is -2.55. The molecule has 32 heavy (non-hydrogen) atoms. The number of halogens is 3. The Morgan fingerprint density at radius 2 is 1.97 bits per heavy atom. The maximum absolute atomic E-state index is 14.2. The van der Waals surface area contributed by atoms with Gasteiger partial charge in [0.2, 0.25) is 0 Å². The van der Waals surface area contributed by atoms with E-state index in [1.165, 1.54) is 24.5 Å². The number of nitrogens with zero attached hydrogens (tertiary/aromatic N) is 3. The highest BCUT2D eigenvalue weighted by Crippen LogP contribution is 2.32. The van der Waals surface area contributed by atoms with Gasteiger partial charge >= 0.3 is 0 Å². The summed E-state index contributed by atoms with van der Waals surface area (Å²) in [5.41, 5.74) is 13.5. The molecule has 1 aliphatic heterocycles. The van der Waals surface area contributed by atoms with Gasteiger partial charge in [-0.15, -0.1) is 0 Å². The average Bonchev–Trinajstić information content (AvgIpc) is 2.77. The normalized spacial score (nSPS) is 17.9. The average molecular weight is 441 g/mol. The molecule has 1 aromatic carbocycles. The van der Waals surface area contributed by atoms with Gasteiger partial charge in [-0.3, -0.25) is 9.78 Å². The van der Waals surface area contributed by atoms with Crippen molar-refractivity contribution in [3.63, 3.8) is 0 Å². The topological polar surface area (TPSA) is 98.1 Å². The summed E-state index contributed by atoms with van der Waals surface area (Å²) >= 11 is 0. The van der Waals surface area contributed by atoms with Crippen LogP contribution in [-0.4, -0.2) is 40.8 Å². The third kappa shape index (κ3) is 4.29. The van der Waals surface area contributed by atoms with E-state index < -0.39 is 17.8 Å². The third-order valence-corrected chi connectivity index (χ3v) is 5.58. The Balaban J connectivity index is 1.61. The van der Waals surface area contributed by atoms with Crippen LogP contribution in [0.2, 0.25) is 0 Å². The summed E-state index contributed by atoms with van der Waals surface area (Å²) < 4.78 is 41.8. The van der Waals surface area contributed by atoms with Crippen LogP contribution in [0.4, 0.5) is 24.5 Å². The molecule has 0 bridgehead atoms. The maximum Gasteiger partial charge on any atom is 0.266 e. The highest BCUT2D eigenvalue weighted by molar-refractivity contribution is 6.01. The van der Waals surface area contributed by atoms with Gasteiger partial charge in [-0.2, -0.15) is 0 Å². The molecule has 6 nitrogen and oxygen atoms in total. The number of alkyl halides is 2. The summed E-state index contributed by atoms with van der Waals surface area (Å²) in [6, 6.07) is 9.54. The molecule has 1 fully saturated rings. The molecule has 3 aromatic rings. The number of rotatable bonds is 5. The summed E-state index contributed by atoms with van der Waals surface area (Å²) in [5, 5.41) is 0. The van der Waals surface area contributed by atoms with E-state index in [4.69, 9.17) is 11.5 Å². The standard InChI is InChI=1S/C23H22F3N5O/c24-16-4-2-1-3-15(16)18-6-5-17(27)22(30-18)20(32)11-14-12-29-9-7-19(14)31-10-8-23(25,26)21(28)13-31/h1-7,9,12,21H,8,10-11,13,27-28H2. The van der Waals surface area contributed by atoms with E-state index in [1.807, 2.05) is 0 Å². The van der Waals surface area contributed by atoms with Crippen LogP contribution in [0.25, 0.3) is 11.3 Å². The molecule has 0 saturated carbocycles. The highest BCUT2D eigenvalue weighted by Gasteiger charge is 2.42. The van der Waals surface area contributed by atoms with Crippen molar-refractivity contribution in [1.82, 2.24) is 9.97 Å². The van der Waals surface area contributed by atoms with E-state index in [-0.39, 0.29) is 54.4 Å². The van der Waals surface area contributed by atoms with Crippen molar-refractivity contribution in [2.45, 2.75) is 24.8 Å². The second-order valence-corrected chi connectivity index (χ2v) is 7.78. The lowest BCUT2D eigenvalue weighted by molar-refractivity contribution is -0.0393. The van der Waals surface area contributed by atoms with Gasteiger partial charge in [-0.25, -0.2) is 18.2 Å². The van der Waals surface area contributed by atoms with Crippen LogP contribution in [0.15, 0.2) is 54.9 Å². The first-order chi connectivity index (χ1) is 15.3. The molecule has 0 radical (unpaired) electrons. The molecule has 166 valence electrons. The summed E-state index contributed by atoms with van der Waals surface area (Å²) in [7, 11) is 0. The van der Waals surface area contributed by atoms with Crippen LogP contribution in [0.3, 0.4) is 0 Å². The third-order valence-electron chi connectivity index (χ3n) is 5.58.